The SMILES string of the molecule is O/N=C1\CCC2C=CCC1O2. The summed E-state index contributed by atoms with van der Waals surface area (Å²) in [6.07, 6.45) is 7.18. The molecule has 3 heteroatoms. The van der Waals surface area contributed by atoms with Gasteiger partial charge in [0, 0.05) is 0 Å². The Kier molecular flexibility index (Phi) is 1.66. The summed E-state index contributed by atoms with van der Waals surface area (Å²) < 4.78 is 5.55. The van der Waals surface area contributed by atoms with E-state index in [1.807, 2.05) is 0 Å². The molecule has 1 fully saturated rings. The van der Waals surface area contributed by atoms with Crippen molar-refractivity contribution in [3.05, 3.63) is 12.2 Å². The van der Waals surface area contributed by atoms with E-state index in [9.17, 15) is 0 Å². The highest BCUT2D eigenvalue weighted by Crippen LogP contribution is 2.24. The lowest BCUT2D eigenvalue weighted by molar-refractivity contribution is 0.0242. The number of rotatable bonds is 0. The van der Waals surface area contributed by atoms with Crippen LogP contribution in [0.15, 0.2) is 17.3 Å². The normalized spacial score (nSPS) is 39.5. The Morgan fingerprint density at radius 2 is 2.55 bits per heavy atom. The lowest BCUT2D eigenvalue weighted by Gasteiger charge is -2.31. The Hall–Kier alpha value is -0.830. The maximum Gasteiger partial charge on any atom is 0.103 e. The molecule has 0 aromatic carbocycles. The molecule has 2 atom stereocenters. The number of fused-ring (bicyclic) bond motifs is 2. The zero-order valence-electron chi connectivity index (χ0n) is 6.23. The Balaban J connectivity index is 2.17. The molecule has 0 aromatic rings. The summed E-state index contributed by atoms with van der Waals surface area (Å²) >= 11 is 0. The van der Waals surface area contributed by atoms with Gasteiger partial charge in [0.2, 0.25) is 0 Å². The molecule has 2 heterocycles. The van der Waals surface area contributed by atoms with E-state index in [4.69, 9.17) is 9.94 Å². The van der Waals surface area contributed by atoms with E-state index in [-0.39, 0.29) is 12.2 Å². The molecule has 2 unspecified atom stereocenters. The first-order chi connectivity index (χ1) is 5.40. The molecule has 2 bridgehead atoms. The van der Waals surface area contributed by atoms with Gasteiger partial charge in [0.15, 0.2) is 0 Å². The van der Waals surface area contributed by atoms with Crippen LogP contribution in [-0.4, -0.2) is 23.1 Å². The third kappa shape index (κ3) is 1.16. The van der Waals surface area contributed by atoms with E-state index in [0.29, 0.717) is 0 Å². The zero-order valence-corrected chi connectivity index (χ0v) is 6.23. The molecular weight excluding hydrogens is 142 g/mol. The predicted molar refractivity (Wildman–Crippen MR) is 40.9 cm³/mol. The average molecular weight is 153 g/mol. The molecule has 0 saturated carbocycles. The Labute approximate surface area is 65.3 Å². The monoisotopic (exact) mass is 153 g/mol. The van der Waals surface area contributed by atoms with Crippen LogP contribution in [0.1, 0.15) is 19.3 Å². The molecule has 11 heavy (non-hydrogen) atoms. The van der Waals surface area contributed by atoms with Gasteiger partial charge in [-0.25, -0.2) is 0 Å². The lowest BCUT2D eigenvalue weighted by Crippen LogP contribution is -2.36. The third-order valence-corrected chi connectivity index (χ3v) is 2.23. The number of ether oxygens (including phenoxy) is 1. The van der Waals surface area contributed by atoms with Crippen molar-refractivity contribution < 1.29 is 9.94 Å². The van der Waals surface area contributed by atoms with Crippen molar-refractivity contribution in [1.29, 1.82) is 0 Å². The van der Waals surface area contributed by atoms with Crippen LogP contribution in [0.25, 0.3) is 0 Å². The Morgan fingerprint density at radius 3 is 3.36 bits per heavy atom. The van der Waals surface area contributed by atoms with Crippen molar-refractivity contribution in [3.8, 4) is 0 Å². The number of hydrogen-bond donors (Lipinski definition) is 1. The molecule has 0 aliphatic carbocycles. The van der Waals surface area contributed by atoms with Gasteiger partial charge in [-0.15, -0.1) is 0 Å². The highest BCUT2D eigenvalue weighted by Gasteiger charge is 2.28. The smallest absolute Gasteiger partial charge is 0.103 e. The molecular formula is C8H11NO2. The second-order valence-electron chi connectivity index (χ2n) is 2.96. The largest absolute Gasteiger partial charge is 0.411 e. The van der Waals surface area contributed by atoms with Crippen LogP contribution in [0.2, 0.25) is 0 Å². The summed E-state index contributed by atoms with van der Waals surface area (Å²) in [5.41, 5.74) is 0.797. The van der Waals surface area contributed by atoms with E-state index in [2.05, 4.69) is 17.3 Å². The van der Waals surface area contributed by atoms with Crippen LogP contribution in [0, 0.1) is 0 Å². The van der Waals surface area contributed by atoms with Gasteiger partial charge in [0.05, 0.1) is 11.8 Å². The molecule has 1 saturated heterocycles. The summed E-state index contributed by atoms with van der Waals surface area (Å²) in [7, 11) is 0. The summed E-state index contributed by atoms with van der Waals surface area (Å²) in [4.78, 5) is 0. The highest BCUT2D eigenvalue weighted by atomic mass is 16.5. The first kappa shape index (κ1) is 6.85. The minimum Gasteiger partial charge on any atom is -0.411 e. The molecule has 0 radical (unpaired) electrons. The van der Waals surface area contributed by atoms with Gasteiger partial charge < -0.3 is 9.94 Å². The van der Waals surface area contributed by atoms with Gasteiger partial charge >= 0.3 is 0 Å². The predicted octanol–water partition coefficient (Wildman–Crippen LogP) is 1.32. The van der Waals surface area contributed by atoms with E-state index >= 15 is 0 Å². The van der Waals surface area contributed by atoms with Crippen LogP contribution in [0.3, 0.4) is 0 Å². The molecule has 2 aliphatic rings. The van der Waals surface area contributed by atoms with Crippen LogP contribution in [0.5, 0.6) is 0 Å². The van der Waals surface area contributed by atoms with Gasteiger partial charge in [0.1, 0.15) is 6.10 Å². The van der Waals surface area contributed by atoms with E-state index in [0.717, 1.165) is 25.0 Å². The minimum absolute atomic E-state index is 0.0451. The topological polar surface area (TPSA) is 41.8 Å². The maximum atomic E-state index is 8.59. The summed E-state index contributed by atoms with van der Waals surface area (Å²) in [6, 6.07) is 0. The van der Waals surface area contributed by atoms with Crippen molar-refractivity contribution >= 4 is 5.71 Å². The van der Waals surface area contributed by atoms with Gasteiger partial charge in [-0.1, -0.05) is 17.3 Å². The fraction of sp³-hybridized carbons (Fsp3) is 0.625. The molecule has 1 N–H and O–H groups in total. The van der Waals surface area contributed by atoms with Crippen LogP contribution in [0.4, 0.5) is 0 Å². The molecule has 2 aliphatic heterocycles. The van der Waals surface area contributed by atoms with E-state index in [1.165, 1.54) is 0 Å². The second-order valence-corrected chi connectivity index (χ2v) is 2.96. The number of oxime groups is 1. The highest BCUT2D eigenvalue weighted by molar-refractivity contribution is 5.89. The fourth-order valence-corrected chi connectivity index (χ4v) is 1.61. The third-order valence-electron chi connectivity index (χ3n) is 2.23. The van der Waals surface area contributed by atoms with Crippen LogP contribution in [-0.2, 0) is 4.74 Å². The first-order valence-electron chi connectivity index (χ1n) is 3.93. The van der Waals surface area contributed by atoms with E-state index in [1.54, 1.807) is 0 Å². The van der Waals surface area contributed by atoms with Gasteiger partial charge in [0.25, 0.3) is 0 Å². The van der Waals surface area contributed by atoms with Crippen molar-refractivity contribution in [2.45, 2.75) is 31.5 Å². The molecule has 2 rings (SSSR count). The molecule has 0 spiro atoms. The van der Waals surface area contributed by atoms with Gasteiger partial charge in [-0.2, -0.15) is 0 Å². The average Bonchev–Trinajstić information content (AvgIpc) is 2.06. The maximum absolute atomic E-state index is 8.59. The minimum atomic E-state index is 0.0451. The van der Waals surface area contributed by atoms with Crippen LogP contribution >= 0.6 is 0 Å². The zero-order chi connectivity index (χ0) is 7.68. The lowest BCUT2D eigenvalue weighted by atomic mass is 9.95. The number of nitrogens with zero attached hydrogens (tertiary/aromatic N) is 1. The van der Waals surface area contributed by atoms with Crippen LogP contribution < -0.4 is 0 Å². The molecule has 0 aromatic heterocycles. The standard InChI is InChI=1S/C8H11NO2/c10-9-7-5-4-6-2-1-3-8(7)11-6/h1-2,6,8,10H,3-5H2/b9-7+. The quantitative estimate of drug-likeness (QED) is 0.324. The summed E-state index contributed by atoms with van der Waals surface area (Å²) in [5, 5.41) is 11.8. The summed E-state index contributed by atoms with van der Waals surface area (Å²) in [6.45, 7) is 0. The fourth-order valence-electron chi connectivity index (χ4n) is 1.61. The Bertz CT molecular complexity index is 210. The van der Waals surface area contributed by atoms with Crippen molar-refractivity contribution in [1.82, 2.24) is 0 Å². The molecule has 0 amide bonds. The summed E-state index contributed by atoms with van der Waals surface area (Å²) in [5.74, 6) is 0. The molecule has 60 valence electrons. The van der Waals surface area contributed by atoms with E-state index < -0.39 is 0 Å². The van der Waals surface area contributed by atoms with Crippen molar-refractivity contribution in [3.63, 3.8) is 0 Å². The Morgan fingerprint density at radius 1 is 1.64 bits per heavy atom. The first-order valence-corrected chi connectivity index (χ1v) is 3.93. The van der Waals surface area contributed by atoms with Crippen molar-refractivity contribution in [2.24, 2.45) is 5.16 Å². The van der Waals surface area contributed by atoms with Gasteiger partial charge in [-0.05, 0) is 19.3 Å². The molecule has 3 nitrogen and oxygen atoms in total. The number of hydrogen-bond acceptors (Lipinski definition) is 3. The van der Waals surface area contributed by atoms with Crippen molar-refractivity contribution in [2.75, 3.05) is 0 Å². The second kappa shape index (κ2) is 2.66. The van der Waals surface area contributed by atoms with Gasteiger partial charge in [-0.3, -0.25) is 0 Å².